The lowest BCUT2D eigenvalue weighted by Gasteiger charge is -2.25. The second-order valence-corrected chi connectivity index (χ2v) is 6.19. The third kappa shape index (κ3) is 5.99. The predicted octanol–water partition coefficient (Wildman–Crippen LogP) is 3.81. The summed E-state index contributed by atoms with van der Waals surface area (Å²) in [4.78, 5) is 17.9. The second-order valence-electron chi connectivity index (χ2n) is 5.37. The Hall–Kier alpha value is -2.18. The quantitative estimate of drug-likeness (QED) is 0.610. The lowest BCUT2D eigenvalue weighted by molar-refractivity contribution is -0.143. The highest BCUT2D eigenvalue weighted by molar-refractivity contribution is 7.80. The summed E-state index contributed by atoms with van der Waals surface area (Å²) in [6.07, 6.45) is 1.71. The molecule has 2 rings (SSSR count). The van der Waals surface area contributed by atoms with E-state index in [0.29, 0.717) is 23.3 Å². The zero-order valence-corrected chi connectivity index (χ0v) is 15.7. The van der Waals surface area contributed by atoms with Gasteiger partial charge in [0.15, 0.2) is 5.11 Å². The van der Waals surface area contributed by atoms with Crippen LogP contribution >= 0.6 is 23.8 Å². The minimum absolute atomic E-state index is 0.0445. The topological polar surface area (TPSA) is 54.5 Å². The van der Waals surface area contributed by atoms with Crippen LogP contribution in [0.5, 0.6) is 0 Å². The number of rotatable bonds is 6. The van der Waals surface area contributed by atoms with E-state index >= 15 is 0 Å². The lowest BCUT2D eigenvalue weighted by atomic mass is 10.2. The van der Waals surface area contributed by atoms with Crippen molar-refractivity contribution in [2.45, 2.75) is 20.4 Å². The first-order valence-electron chi connectivity index (χ1n) is 7.87. The third-order valence-electron chi connectivity index (χ3n) is 3.42. The molecule has 0 atom stereocenters. The molecule has 132 valence electrons. The molecule has 0 amide bonds. The van der Waals surface area contributed by atoms with E-state index in [1.807, 2.05) is 37.3 Å². The molecule has 0 aliphatic rings. The van der Waals surface area contributed by atoms with Crippen LogP contribution in [0.15, 0.2) is 42.6 Å². The maximum atomic E-state index is 11.9. The smallest absolute Gasteiger partial charge is 0.325 e. The van der Waals surface area contributed by atoms with Crippen LogP contribution in [0.25, 0.3) is 0 Å². The number of aryl methyl sites for hydroxylation is 1. The first-order chi connectivity index (χ1) is 12.0. The molecular formula is C18H20ClN3O2S. The van der Waals surface area contributed by atoms with Crippen LogP contribution in [0.3, 0.4) is 0 Å². The third-order valence-corrected chi connectivity index (χ3v) is 4.02. The Labute approximate surface area is 158 Å². The number of pyridine rings is 1. The lowest BCUT2D eigenvalue weighted by Crippen LogP contribution is -2.39. The highest BCUT2D eigenvalue weighted by Crippen LogP contribution is 2.20. The van der Waals surface area contributed by atoms with Crippen LogP contribution < -0.4 is 5.32 Å². The summed E-state index contributed by atoms with van der Waals surface area (Å²) < 4.78 is 5.04. The Morgan fingerprint density at radius 3 is 2.80 bits per heavy atom. The van der Waals surface area contributed by atoms with Crippen molar-refractivity contribution in [2.75, 3.05) is 18.5 Å². The van der Waals surface area contributed by atoms with Crippen LogP contribution in [-0.2, 0) is 16.1 Å². The first-order valence-corrected chi connectivity index (χ1v) is 8.66. The van der Waals surface area contributed by atoms with E-state index in [2.05, 4.69) is 10.3 Å². The molecule has 0 unspecified atom stereocenters. The molecule has 0 saturated heterocycles. The molecule has 5 nitrogen and oxygen atoms in total. The molecule has 0 saturated carbocycles. The van der Waals surface area contributed by atoms with Gasteiger partial charge in [0.2, 0.25) is 0 Å². The van der Waals surface area contributed by atoms with E-state index in [0.717, 1.165) is 16.9 Å². The molecule has 25 heavy (non-hydrogen) atoms. The van der Waals surface area contributed by atoms with Crippen molar-refractivity contribution < 1.29 is 9.53 Å². The van der Waals surface area contributed by atoms with E-state index in [1.165, 1.54) is 0 Å². The number of hydrogen-bond donors (Lipinski definition) is 1. The largest absolute Gasteiger partial charge is 0.465 e. The molecule has 1 heterocycles. The summed E-state index contributed by atoms with van der Waals surface area (Å²) in [7, 11) is 0. The second kappa shape index (κ2) is 9.34. The number of benzene rings is 1. The molecular weight excluding hydrogens is 358 g/mol. The number of anilines is 1. The molecule has 0 bridgehead atoms. The van der Waals surface area contributed by atoms with Gasteiger partial charge in [-0.3, -0.25) is 9.78 Å². The highest BCUT2D eigenvalue weighted by atomic mass is 35.5. The van der Waals surface area contributed by atoms with E-state index in [4.69, 9.17) is 28.6 Å². The van der Waals surface area contributed by atoms with Crippen LogP contribution in [0.2, 0.25) is 5.02 Å². The normalized spacial score (nSPS) is 10.2. The van der Waals surface area contributed by atoms with Gasteiger partial charge in [-0.1, -0.05) is 17.7 Å². The van der Waals surface area contributed by atoms with Gasteiger partial charge in [-0.15, -0.1) is 0 Å². The number of carbonyl (C=O) groups is 1. The summed E-state index contributed by atoms with van der Waals surface area (Å²) in [5, 5.41) is 4.25. The maximum absolute atomic E-state index is 11.9. The van der Waals surface area contributed by atoms with Crippen LogP contribution in [0, 0.1) is 6.92 Å². The molecule has 1 aromatic heterocycles. The van der Waals surface area contributed by atoms with Crippen LogP contribution in [0.4, 0.5) is 5.69 Å². The Balaban J connectivity index is 2.14. The van der Waals surface area contributed by atoms with Crippen molar-refractivity contribution in [1.82, 2.24) is 9.88 Å². The molecule has 1 aromatic carbocycles. The molecule has 1 N–H and O–H groups in total. The molecule has 0 aliphatic heterocycles. The Bertz CT molecular complexity index is 740. The van der Waals surface area contributed by atoms with Crippen molar-refractivity contribution in [3.8, 4) is 0 Å². The number of aromatic nitrogens is 1. The number of halogens is 1. The number of nitrogens with zero attached hydrogens (tertiary/aromatic N) is 2. The van der Waals surface area contributed by atoms with Crippen molar-refractivity contribution >= 4 is 40.6 Å². The van der Waals surface area contributed by atoms with Gasteiger partial charge in [-0.05, 0) is 62.0 Å². The first kappa shape index (κ1) is 19.1. The average Bonchev–Trinajstić information content (AvgIpc) is 2.58. The SMILES string of the molecule is CCOC(=O)CN(Cc1ccccn1)C(=S)Nc1ccc(Cl)cc1C. The average molecular weight is 378 g/mol. The number of ether oxygens (including phenoxy) is 1. The van der Waals surface area contributed by atoms with Crippen molar-refractivity contribution in [3.05, 3.63) is 58.9 Å². The predicted molar refractivity (Wildman–Crippen MR) is 104 cm³/mol. The molecule has 0 aliphatic carbocycles. The summed E-state index contributed by atoms with van der Waals surface area (Å²) in [5.41, 5.74) is 2.61. The van der Waals surface area contributed by atoms with Crippen molar-refractivity contribution in [2.24, 2.45) is 0 Å². The molecule has 0 fully saturated rings. The zero-order chi connectivity index (χ0) is 18.2. The minimum Gasteiger partial charge on any atom is -0.465 e. The number of carbonyl (C=O) groups excluding carboxylic acids is 1. The van der Waals surface area contributed by atoms with Gasteiger partial charge >= 0.3 is 5.97 Å². The highest BCUT2D eigenvalue weighted by Gasteiger charge is 2.17. The zero-order valence-electron chi connectivity index (χ0n) is 14.2. The fourth-order valence-electron chi connectivity index (χ4n) is 2.21. The summed E-state index contributed by atoms with van der Waals surface area (Å²) in [6, 6.07) is 11.1. The molecule has 7 heteroatoms. The summed E-state index contributed by atoms with van der Waals surface area (Å²) in [5.74, 6) is -0.338. The van der Waals surface area contributed by atoms with Gasteiger partial charge < -0.3 is 15.0 Å². The minimum atomic E-state index is -0.338. The monoisotopic (exact) mass is 377 g/mol. The Kier molecular flexibility index (Phi) is 7.16. The van der Waals surface area contributed by atoms with Crippen LogP contribution in [-0.4, -0.2) is 34.1 Å². The van der Waals surface area contributed by atoms with Gasteiger partial charge in [0.25, 0.3) is 0 Å². The van der Waals surface area contributed by atoms with Gasteiger partial charge in [0.05, 0.1) is 18.8 Å². The molecule has 0 radical (unpaired) electrons. The van der Waals surface area contributed by atoms with Gasteiger partial charge in [-0.25, -0.2) is 0 Å². The number of nitrogens with one attached hydrogen (secondary N) is 1. The van der Waals surface area contributed by atoms with E-state index in [9.17, 15) is 4.79 Å². The van der Waals surface area contributed by atoms with Gasteiger partial charge in [0.1, 0.15) is 6.54 Å². The standard InChI is InChI=1S/C18H20ClN3O2S/c1-3-24-17(23)12-22(11-15-6-4-5-9-20-15)18(25)21-16-8-7-14(19)10-13(16)2/h4-10H,3,11-12H2,1-2H3,(H,21,25). The maximum Gasteiger partial charge on any atom is 0.325 e. The fourth-order valence-corrected chi connectivity index (χ4v) is 2.68. The number of esters is 1. The summed E-state index contributed by atoms with van der Waals surface area (Å²) >= 11 is 11.5. The number of hydrogen-bond acceptors (Lipinski definition) is 4. The summed E-state index contributed by atoms with van der Waals surface area (Å²) in [6.45, 7) is 4.48. The van der Waals surface area contributed by atoms with E-state index in [-0.39, 0.29) is 12.5 Å². The Morgan fingerprint density at radius 2 is 2.16 bits per heavy atom. The van der Waals surface area contributed by atoms with Crippen molar-refractivity contribution in [3.63, 3.8) is 0 Å². The van der Waals surface area contributed by atoms with Gasteiger partial charge in [-0.2, -0.15) is 0 Å². The molecule has 2 aromatic rings. The Morgan fingerprint density at radius 1 is 1.36 bits per heavy atom. The fraction of sp³-hybridized carbons (Fsp3) is 0.278. The van der Waals surface area contributed by atoms with Crippen LogP contribution in [0.1, 0.15) is 18.2 Å². The number of thiocarbonyl (C=S) groups is 1. The van der Waals surface area contributed by atoms with Gasteiger partial charge in [0, 0.05) is 16.9 Å². The van der Waals surface area contributed by atoms with Crippen molar-refractivity contribution in [1.29, 1.82) is 0 Å². The molecule has 0 spiro atoms. The van der Waals surface area contributed by atoms with E-state index < -0.39 is 0 Å². The van der Waals surface area contributed by atoms with E-state index in [1.54, 1.807) is 24.1 Å².